The molecule has 1 fully saturated rings. The van der Waals surface area contributed by atoms with Crippen LogP contribution in [0.15, 0.2) is 108 Å². The number of ketones is 1. The topological polar surface area (TPSA) is 117 Å². The van der Waals surface area contributed by atoms with Crippen molar-refractivity contribution in [2.45, 2.75) is 62.9 Å². The largest absolute Gasteiger partial charge is 0.508 e. The molecule has 0 aliphatic carbocycles. The summed E-state index contributed by atoms with van der Waals surface area (Å²) in [7, 11) is 0. The van der Waals surface area contributed by atoms with Crippen molar-refractivity contribution in [3.63, 3.8) is 0 Å². The van der Waals surface area contributed by atoms with Crippen LogP contribution in [-0.4, -0.2) is 39.9 Å². The third-order valence-electron chi connectivity index (χ3n) is 8.16. The summed E-state index contributed by atoms with van der Waals surface area (Å²) in [6, 6.07) is 31.3. The van der Waals surface area contributed by atoms with Crippen molar-refractivity contribution in [1.29, 1.82) is 0 Å². The molecule has 4 N–H and O–H groups in total. The zero-order chi connectivity index (χ0) is 32.5. The first-order valence-corrected chi connectivity index (χ1v) is 16.4. The van der Waals surface area contributed by atoms with Gasteiger partial charge in [-0.05, 0) is 59.9 Å². The molecule has 5 unspecified atom stereocenters. The Labute approximate surface area is 274 Å². The van der Waals surface area contributed by atoms with E-state index in [1.165, 1.54) is 6.92 Å². The van der Waals surface area contributed by atoms with Gasteiger partial charge in [0, 0.05) is 28.7 Å². The molecule has 5 rings (SSSR count). The molecule has 9 heteroatoms. The van der Waals surface area contributed by atoms with Gasteiger partial charge in [0.05, 0.1) is 24.9 Å². The van der Waals surface area contributed by atoms with Crippen LogP contribution in [0.4, 0.5) is 4.79 Å². The van der Waals surface area contributed by atoms with Crippen LogP contribution in [0.2, 0.25) is 0 Å². The molecular formula is C37H40N2O6S. The molecule has 0 spiro atoms. The molecular weight excluding hydrogens is 600 g/mol. The van der Waals surface area contributed by atoms with Crippen molar-refractivity contribution in [3.05, 3.63) is 131 Å². The molecule has 0 aromatic heterocycles. The third-order valence-corrected chi connectivity index (χ3v) is 9.26. The van der Waals surface area contributed by atoms with E-state index in [2.05, 4.69) is 17.6 Å². The van der Waals surface area contributed by atoms with E-state index in [0.29, 0.717) is 12.2 Å². The van der Waals surface area contributed by atoms with Crippen LogP contribution in [0.3, 0.4) is 0 Å². The van der Waals surface area contributed by atoms with E-state index >= 15 is 0 Å². The van der Waals surface area contributed by atoms with Crippen molar-refractivity contribution < 1.29 is 29.3 Å². The van der Waals surface area contributed by atoms with Gasteiger partial charge < -0.3 is 30.3 Å². The van der Waals surface area contributed by atoms with Crippen molar-refractivity contribution in [2.75, 3.05) is 5.75 Å². The predicted octanol–water partition coefficient (Wildman–Crippen LogP) is 6.47. The van der Waals surface area contributed by atoms with Gasteiger partial charge in [0.1, 0.15) is 5.75 Å². The van der Waals surface area contributed by atoms with Gasteiger partial charge in [-0.15, -0.1) is 11.8 Å². The Morgan fingerprint density at radius 1 is 0.826 bits per heavy atom. The number of phenolic OH excluding ortho intramolecular Hbond substituents is 1. The van der Waals surface area contributed by atoms with Crippen LogP contribution in [0, 0.1) is 5.92 Å². The molecule has 8 nitrogen and oxygen atoms in total. The monoisotopic (exact) mass is 640 g/mol. The second kappa shape index (κ2) is 15.9. The molecule has 5 atom stereocenters. The number of ether oxygens (including phenoxy) is 2. The Kier molecular flexibility index (Phi) is 11.5. The number of aliphatic hydroxyl groups is 1. The van der Waals surface area contributed by atoms with E-state index in [1.807, 2.05) is 91.0 Å². The summed E-state index contributed by atoms with van der Waals surface area (Å²) in [5, 5.41) is 24.8. The lowest BCUT2D eigenvalue weighted by molar-refractivity contribution is -0.268. The Morgan fingerprint density at radius 3 is 2.13 bits per heavy atom. The molecule has 0 saturated carbocycles. The van der Waals surface area contributed by atoms with Gasteiger partial charge in [-0.1, -0.05) is 85.8 Å². The molecule has 240 valence electrons. The summed E-state index contributed by atoms with van der Waals surface area (Å²) in [6.07, 6.45) is -0.537. The number of benzene rings is 4. The van der Waals surface area contributed by atoms with Crippen molar-refractivity contribution in [3.8, 4) is 5.75 Å². The number of carbonyl (C=O) groups is 2. The molecule has 4 aromatic carbocycles. The van der Waals surface area contributed by atoms with E-state index in [-0.39, 0.29) is 42.8 Å². The summed E-state index contributed by atoms with van der Waals surface area (Å²) in [4.78, 5) is 25.9. The average molecular weight is 641 g/mol. The van der Waals surface area contributed by atoms with Gasteiger partial charge in [0.15, 0.2) is 12.1 Å². The van der Waals surface area contributed by atoms with Crippen LogP contribution in [0.5, 0.6) is 5.75 Å². The average Bonchev–Trinajstić information content (AvgIpc) is 3.08. The number of carbonyl (C=O) groups excluding carboxylic acids is 2. The fourth-order valence-electron chi connectivity index (χ4n) is 5.36. The van der Waals surface area contributed by atoms with Crippen LogP contribution in [-0.2, 0) is 33.8 Å². The Hall–Kier alpha value is -4.15. The van der Waals surface area contributed by atoms with Crippen molar-refractivity contribution in [2.24, 2.45) is 5.92 Å². The number of thioether (sulfide) groups is 1. The zero-order valence-electron chi connectivity index (χ0n) is 26.0. The lowest BCUT2D eigenvalue weighted by Gasteiger charge is -2.41. The maximum Gasteiger partial charge on any atom is 0.315 e. The Balaban J connectivity index is 1.23. The fraction of sp³-hybridized carbons (Fsp3) is 0.297. The summed E-state index contributed by atoms with van der Waals surface area (Å²) >= 11 is 1.67. The maximum atomic E-state index is 12.7. The smallest absolute Gasteiger partial charge is 0.315 e. The minimum atomic E-state index is -0.610. The quantitative estimate of drug-likeness (QED) is 0.131. The lowest BCUT2D eigenvalue weighted by atomic mass is 9.91. The zero-order valence-corrected chi connectivity index (χ0v) is 26.8. The van der Waals surface area contributed by atoms with Crippen LogP contribution in [0.1, 0.15) is 54.1 Å². The van der Waals surface area contributed by atoms with Crippen molar-refractivity contribution >= 4 is 23.6 Å². The van der Waals surface area contributed by atoms with Crippen LogP contribution in [0.25, 0.3) is 0 Å². The number of amides is 2. The fourth-order valence-corrected chi connectivity index (χ4v) is 6.43. The van der Waals surface area contributed by atoms with Gasteiger partial charge >= 0.3 is 6.03 Å². The van der Waals surface area contributed by atoms with Gasteiger partial charge in [-0.25, -0.2) is 4.79 Å². The summed E-state index contributed by atoms with van der Waals surface area (Å²) < 4.78 is 13.1. The molecule has 4 aromatic rings. The van der Waals surface area contributed by atoms with Crippen LogP contribution < -0.4 is 10.6 Å². The van der Waals surface area contributed by atoms with Crippen LogP contribution >= 0.6 is 11.8 Å². The van der Waals surface area contributed by atoms with E-state index in [9.17, 15) is 19.8 Å². The molecule has 2 amide bonds. The second-order valence-corrected chi connectivity index (χ2v) is 12.6. The number of phenols is 1. The highest BCUT2D eigenvalue weighted by atomic mass is 32.2. The highest BCUT2D eigenvalue weighted by molar-refractivity contribution is 7.99. The number of nitrogens with one attached hydrogen (secondary N) is 2. The van der Waals surface area contributed by atoms with Gasteiger partial charge in [-0.2, -0.15) is 0 Å². The van der Waals surface area contributed by atoms with E-state index in [4.69, 9.17) is 9.47 Å². The second-order valence-electron chi connectivity index (χ2n) is 11.5. The van der Waals surface area contributed by atoms with E-state index < -0.39 is 18.4 Å². The first-order valence-electron chi connectivity index (χ1n) is 15.4. The van der Waals surface area contributed by atoms with Gasteiger partial charge in [0.2, 0.25) is 0 Å². The summed E-state index contributed by atoms with van der Waals surface area (Å²) in [5.74, 6) is 0.866. The number of hydrogen-bond acceptors (Lipinski definition) is 7. The third kappa shape index (κ3) is 8.98. The Bertz CT molecular complexity index is 1560. The molecule has 1 saturated heterocycles. The molecule has 0 bridgehead atoms. The van der Waals surface area contributed by atoms with E-state index in [1.54, 1.807) is 23.9 Å². The number of hydrogen-bond donors (Lipinski definition) is 4. The lowest BCUT2D eigenvalue weighted by Crippen LogP contribution is -2.46. The molecule has 1 heterocycles. The van der Waals surface area contributed by atoms with Gasteiger partial charge in [-0.3, -0.25) is 4.79 Å². The molecule has 1 aliphatic rings. The molecule has 0 radical (unpaired) electrons. The maximum absolute atomic E-state index is 12.7. The minimum Gasteiger partial charge on any atom is -0.508 e. The molecule has 1 aliphatic heterocycles. The predicted molar refractivity (Wildman–Crippen MR) is 178 cm³/mol. The summed E-state index contributed by atoms with van der Waals surface area (Å²) in [6.45, 7) is 3.87. The number of urea groups is 1. The normalized spacial score (nSPS) is 20.1. The number of rotatable bonds is 12. The highest BCUT2D eigenvalue weighted by Crippen LogP contribution is 2.43. The minimum absolute atomic E-state index is 0.0210. The first-order chi connectivity index (χ1) is 22.3. The Morgan fingerprint density at radius 2 is 1.48 bits per heavy atom. The SMILES string of the molecule is CC(=O)C(Cc1ccccc1)NC(=O)NCc1ccc(C2OC(CSc3ccc(O)cc3)C(C)C(c3ccc(CO)cc3)O2)cc1. The summed E-state index contributed by atoms with van der Waals surface area (Å²) in [5.41, 5.74) is 4.58. The highest BCUT2D eigenvalue weighted by Gasteiger charge is 2.38. The number of Topliss-reactive ketones (excluding diaryl/α,β-unsaturated/α-hetero) is 1. The number of aliphatic hydroxyl groups excluding tert-OH is 1. The molecule has 46 heavy (non-hydrogen) atoms. The standard InChI is InChI=1S/C37H40N2O6S/c1-24-34(23-46-32-18-16-31(42)17-19-32)44-36(45-35(24)29-12-10-28(22-40)11-13-29)30-14-8-27(9-15-30)21-38-37(43)39-33(25(2)41)20-26-6-4-3-5-7-26/h3-19,24,33-36,40,42H,20-23H2,1-2H3,(H2,38,39,43). The van der Waals surface area contributed by atoms with Crippen molar-refractivity contribution in [1.82, 2.24) is 10.6 Å². The van der Waals surface area contributed by atoms with E-state index in [0.717, 1.165) is 32.7 Å². The van der Waals surface area contributed by atoms with Gasteiger partial charge in [0.25, 0.3) is 0 Å². The first kappa shape index (κ1) is 33.2. The number of aromatic hydroxyl groups is 1.